The Balaban J connectivity index is 2.70. The van der Waals surface area contributed by atoms with Crippen molar-refractivity contribution in [2.24, 2.45) is 0 Å². The molecule has 0 fully saturated rings. The van der Waals surface area contributed by atoms with E-state index in [0.717, 1.165) is 24.8 Å². The predicted molar refractivity (Wildman–Crippen MR) is 70.5 cm³/mol. The van der Waals surface area contributed by atoms with E-state index in [1.807, 2.05) is 18.2 Å². The van der Waals surface area contributed by atoms with Crippen LogP contribution in [0.2, 0.25) is 0 Å². The van der Waals surface area contributed by atoms with E-state index in [2.05, 4.69) is 11.4 Å². The molecule has 0 saturated heterocycles. The van der Waals surface area contributed by atoms with Crippen LogP contribution in [0.5, 0.6) is 5.75 Å². The molecule has 0 aromatic heterocycles. The second-order valence-corrected chi connectivity index (χ2v) is 4.08. The summed E-state index contributed by atoms with van der Waals surface area (Å²) in [5, 5.41) is 11.2. The van der Waals surface area contributed by atoms with Crippen LogP contribution in [0.25, 0.3) is 0 Å². The van der Waals surface area contributed by atoms with E-state index in [1.165, 1.54) is 6.92 Å². The molecule has 1 rings (SSSR count). The first kappa shape index (κ1) is 14.0. The summed E-state index contributed by atoms with van der Waals surface area (Å²) in [5.74, 6) is 0.543. The van der Waals surface area contributed by atoms with Crippen LogP contribution < -0.4 is 10.1 Å². The molecular weight excluding hydrogens is 228 g/mol. The van der Waals surface area contributed by atoms with Gasteiger partial charge in [-0.25, -0.2) is 0 Å². The number of nitriles is 1. The van der Waals surface area contributed by atoms with Crippen molar-refractivity contribution in [1.82, 2.24) is 0 Å². The molecule has 0 saturated carbocycles. The number of benzene rings is 1. The summed E-state index contributed by atoms with van der Waals surface area (Å²) in [6, 6.07) is 7.89. The third kappa shape index (κ3) is 4.46. The van der Waals surface area contributed by atoms with Crippen molar-refractivity contribution in [2.75, 3.05) is 12.4 Å². The number of carbonyl (C=O) groups is 1. The van der Waals surface area contributed by atoms with Crippen molar-refractivity contribution in [2.45, 2.75) is 32.6 Å². The molecule has 18 heavy (non-hydrogen) atoms. The van der Waals surface area contributed by atoms with E-state index in [4.69, 9.17) is 10.00 Å². The van der Waals surface area contributed by atoms with Crippen molar-refractivity contribution in [3.05, 3.63) is 23.8 Å². The van der Waals surface area contributed by atoms with Crippen LogP contribution in [0.3, 0.4) is 0 Å². The molecular formula is C14H18N2O2. The molecule has 0 aliphatic rings. The molecule has 0 radical (unpaired) electrons. The topological polar surface area (TPSA) is 62.1 Å². The van der Waals surface area contributed by atoms with Crippen LogP contribution in [0.4, 0.5) is 5.69 Å². The Morgan fingerprint density at radius 2 is 2.22 bits per heavy atom. The number of aryl methyl sites for hydroxylation is 1. The van der Waals surface area contributed by atoms with E-state index in [1.54, 1.807) is 7.11 Å². The largest absolute Gasteiger partial charge is 0.495 e. The lowest BCUT2D eigenvalue weighted by molar-refractivity contribution is -0.114. The summed E-state index contributed by atoms with van der Waals surface area (Å²) in [7, 11) is 1.58. The predicted octanol–water partition coefficient (Wildman–Crippen LogP) is 2.89. The van der Waals surface area contributed by atoms with Gasteiger partial charge in [-0.2, -0.15) is 5.26 Å². The quantitative estimate of drug-likeness (QED) is 0.785. The number of nitrogens with zero attached hydrogens (tertiary/aromatic N) is 1. The van der Waals surface area contributed by atoms with Gasteiger partial charge in [0.05, 0.1) is 18.9 Å². The van der Waals surface area contributed by atoms with Gasteiger partial charge in [0.25, 0.3) is 0 Å². The number of hydrogen-bond acceptors (Lipinski definition) is 3. The Bertz CT molecular complexity index is 450. The zero-order chi connectivity index (χ0) is 13.4. The van der Waals surface area contributed by atoms with Gasteiger partial charge in [-0.3, -0.25) is 4.79 Å². The van der Waals surface area contributed by atoms with Crippen LogP contribution in [0.1, 0.15) is 31.7 Å². The van der Waals surface area contributed by atoms with Gasteiger partial charge >= 0.3 is 0 Å². The average Bonchev–Trinajstić information content (AvgIpc) is 2.34. The summed E-state index contributed by atoms with van der Waals surface area (Å²) >= 11 is 0. The molecule has 4 heteroatoms. The summed E-state index contributed by atoms with van der Waals surface area (Å²) in [6.07, 6.45) is 3.37. The van der Waals surface area contributed by atoms with E-state index >= 15 is 0 Å². The fourth-order valence-corrected chi connectivity index (χ4v) is 1.73. The van der Waals surface area contributed by atoms with Gasteiger partial charge in [-0.1, -0.05) is 6.07 Å². The highest BCUT2D eigenvalue weighted by molar-refractivity contribution is 5.90. The number of hydrogen-bond donors (Lipinski definition) is 1. The summed E-state index contributed by atoms with van der Waals surface area (Å²) in [6.45, 7) is 1.47. The van der Waals surface area contributed by atoms with E-state index in [-0.39, 0.29) is 5.91 Å². The molecule has 0 bridgehead atoms. The summed E-state index contributed by atoms with van der Waals surface area (Å²) < 4.78 is 5.19. The molecule has 1 N–H and O–H groups in total. The highest BCUT2D eigenvalue weighted by Crippen LogP contribution is 2.26. The number of ether oxygens (including phenoxy) is 1. The van der Waals surface area contributed by atoms with Gasteiger partial charge in [0.15, 0.2) is 0 Å². The molecule has 96 valence electrons. The molecule has 1 aromatic rings. The molecule has 0 spiro atoms. The number of amides is 1. The van der Waals surface area contributed by atoms with Crippen LogP contribution in [-0.4, -0.2) is 13.0 Å². The van der Waals surface area contributed by atoms with Gasteiger partial charge in [-0.15, -0.1) is 0 Å². The van der Waals surface area contributed by atoms with Crippen LogP contribution in [0.15, 0.2) is 18.2 Å². The molecule has 1 aromatic carbocycles. The Labute approximate surface area is 108 Å². The SMILES string of the molecule is COc1ccc(CCCCC#N)cc1NC(C)=O. The standard InChI is InChI=1S/C14H18N2O2/c1-11(17)16-13-10-12(6-4-3-5-9-15)7-8-14(13)18-2/h7-8,10H,3-6H2,1-2H3,(H,16,17). The minimum Gasteiger partial charge on any atom is -0.495 e. The van der Waals surface area contributed by atoms with E-state index in [0.29, 0.717) is 17.9 Å². The second kappa shape index (κ2) is 7.33. The second-order valence-electron chi connectivity index (χ2n) is 4.08. The highest BCUT2D eigenvalue weighted by Gasteiger charge is 2.05. The first-order valence-electron chi connectivity index (χ1n) is 5.99. The number of carbonyl (C=O) groups excluding carboxylic acids is 1. The van der Waals surface area contributed by atoms with Crippen molar-refractivity contribution in [3.63, 3.8) is 0 Å². The lowest BCUT2D eigenvalue weighted by Gasteiger charge is -2.10. The zero-order valence-electron chi connectivity index (χ0n) is 10.8. The van der Waals surface area contributed by atoms with Crippen LogP contribution in [0, 0.1) is 11.3 Å². The summed E-state index contributed by atoms with van der Waals surface area (Å²) in [5.41, 5.74) is 1.83. The van der Waals surface area contributed by atoms with E-state index < -0.39 is 0 Å². The van der Waals surface area contributed by atoms with Gasteiger partial charge in [-0.05, 0) is 37.0 Å². The lowest BCUT2D eigenvalue weighted by Crippen LogP contribution is -2.07. The van der Waals surface area contributed by atoms with Crippen LogP contribution >= 0.6 is 0 Å². The average molecular weight is 246 g/mol. The first-order chi connectivity index (χ1) is 8.67. The van der Waals surface area contributed by atoms with Gasteiger partial charge < -0.3 is 10.1 Å². The maximum absolute atomic E-state index is 11.1. The minimum atomic E-state index is -0.116. The molecule has 0 aliphatic heterocycles. The maximum atomic E-state index is 11.1. The fraction of sp³-hybridized carbons (Fsp3) is 0.429. The third-order valence-corrected chi connectivity index (χ3v) is 2.58. The summed E-state index contributed by atoms with van der Waals surface area (Å²) in [4.78, 5) is 11.1. The number of unbranched alkanes of at least 4 members (excludes halogenated alkanes) is 2. The van der Waals surface area contributed by atoms with Crippen molar-refractivity contribution < 1.29 is 9.53 Å². The molecule has 0 unspecified atom stereocenters. The zero-order valence-corrected chi connectivity index (χ0v) is 10.8. The Kier molecular flexibility index (Phi) is 5.72. The first-order valence-corrected chi connectivity index (χ1v) is 5.99. The molecule has 4 nitrogen and oxygen atoms in total. The lowest BCUT2D eigenvalue weighted by atomic mass is 10.1. The minimum absolute atomic E-state index is 0.116. The van der Waals surface area contributed by atoms with Crippen LogP contribution in [-0.2, 0) is 11.2 Å². The normalized spacial score (nSPS) is 9.61. The molecule has 0 heterocycles. The molecule has 1 amide bonds. The van der Waals surface area contributed by atoms with Gasteiger partial charge in [0.1, 0.15) is 5.75 Å². The third-order valence-electron chi connectivity index (χ3n) is 2.58. The Morgan fingerprint density at radius 3 is 2.83 bits per heavy atom. The fourth-order valence-electron chi connectivity index (χ4n) is 1.73. The smallest absolute Gasteiger partial charge is 0.221 e. The van der Waals surface area contributed by atoms with Gasteiger partial charge in [0.2, 0.25) is 5.91 Å². The van der Waals surface area contributed by atoms with E-state index in [9.17, 15) is 4.79 Å². The van der Waals surface area contributed by atoms with Crippen molar-refractivity contribution in [1.29, 1.82) is 5.26 Å². The van der Waals surface area contributed by atoms with Crippen molar-refractivity contribution >= 4 is 11.6 Å². The molecule has 0 atom stereocenters. The monoisotopic (exact) mass is 246 g/mol. The Hall–Kier alpha value is -2.02. The Morgan fingerprint density at radius 1 is 1.44 bits per heavy atom. The maximum Gasteiger partial charge on any atom is 0.221 e. The van der Waals surface area contributed by atoms with Gasteiger partial charge in [0, 0.05) is 13.3 Å². The molecule has 0 aliphatic carbocycles. The number of rotatable bonds is 6. The highest BCUT2D eigenvalue weighted by atomic mass is 16.5. The number of anilines is 1. The van der Waals surface area contributed by atoms with Crippen molar-refractivity contribution in [3.8, 4) is 11.8 Å². The number of nitrogens with one attached hydrogen (secondary N) is 1. The number of methoxy groups -OCH3 is 1.